The van der Waals surface area contributed by atoms with Crippen LogP contribution in [0, 0.1) is 0 Å². The lowest BCUT2D eigenvalue weighted by molar-refractivity contribution is -0.131. The van der Waals surface area contributed by atoms with Gasteiger partial charge in [0, 0.05) is 13.5 Å². The Hall–Kier alpha value is -4.91. The molecule has 6 rings (SSSR count). The number of aliphatic hydroxyl groups is 2. The second kappa shape index (κ2) is 11.5. The average molecular weight is 569 g/mol. The van der Waals surface area contributed by atoms with Gasteiger partial charge in [0.2, 0.25) is 0 Å². The third-order valence-electron chi connectivity index (χ3n) is 7.19. The number of amides is 1. The number of anilines is 1. The number of para-hydroxylation sites is 1. The molecule has 0 saturated carbocycles. The molecule has 1 amide bonds. The van der Waals surface area contributed by atoms with Crippen molar-refractivity contribution in [3.63, 3.8) is 0 Å². The average Bonchev–Trinajstić information content (AvgIpc) is 3.56. The van der Waals surface area contributed by atoms with Gasteiger partial charge in [-0.1, -0.05) is 54.6 Å². The molecule has 3 heterocycles. The first kappa shape index (κ1) is 27.3. The van der Waals surface area contributed by atoms with Gasteiger partial charge in [-0.3, -0.25) is 14.2 Å². The molecule has 5 aromatic rings. The van der Waals surface area contributed by atoms with Crippen molar-refractivity contribution in [2.75, 3.05) is 11.9 Å². The number of ether oxygens (including phenoxy) is 2. The van der Waals surface area contributed by atoms with Crippen LogP contribution in [0.25, 0.3) is 21.9 Å². The Morgan fingerprint density at radius 2 is 1.81 bits per heavy atom. The first-order valence-corrected chi connectivity index (χ1v) is 13.4. The first-order valence-electron chi connectivity index (χ1n) is 13.4. The molecule has 12 heteroatoms. The molecular formula is C30H28N6O6. The van der Waals surface area contributed by atoms with Gasteiger partial charge in [-0.15, -0.1) is 0 Å². The Morgan fingerprint density at radius 3 is 2.64 bits per heavy atom. The van der Waals surface area contributed by atoms with Crippen LogP contribution in [0.5, 0.6) is 5.75 Å². The lowest BCUT2D eigenvalue weighted by Crippen LogP contribution is -2.46. The van der Waals surface area contributed by atoms with Gasteiger partial charge in [-0.05, 0) is 28.5 Å². The van der Waals surface area contributed by atoms with Crippen LogP contribution < -0.4 is 15.4 Å². The van der Waals surface area contributed by atoms with E-state index in [0.29, 0.717) is 23.5 Å². The minimum atomic E-state index is -1.26. The molecule has 0 spiro atoms. The SMILES string of the molecule is CC(=O)Oc1ccccc1C(=O)N[C@@H]1[C@H](O)[C@@H](CO)O[C@H]1n1cnc2c(NCc3cccc4ccccc34)ncnc21. The highest BCUT2D eigenvalue weighted by atomic mass is 16.5. The van der Waals surface area contributed by atoms with Crippen LogP contribution in [0.4, 0.5) is 5.82 Å². The van der Waals surface area contributed by atoms with Crippen molar-refractivity contribution in [3.8, 4) is 5.75 Å². The van der Waals surface area contributed by atoms with Gasteiger partial charge < -0.3 is 30.3 Å². The van der Waals surface area contributed by atoms with E-state index in [2.05, 4.69) is 43.8 Å². The van der Waals surface area contributed by atoms with E-state index in [0.717, 1.165) is 16.3 Å². The van der Waals surface area contributed by atoms with E-state index in [1.165, 1.54) is 31.7 Å². The summed E-state index contributed by atoms with van der Waals surface area (Å²) in [4.78, 5) is 38.1. The minimum Gasteiger partial charge on any atom is -0.426 e. The number of benzene rings is 3. The van der Waals surface area contributed by atoms with E-state index in [4.69, 9.17) is 9.47 Å². The van der Waals surface area contributed by atoms with Crippen molar-refractivity contribution >= 4 is 39.6 Å². The molecule has 1 aliphatic heterocycles. The molecular weight excluding hydrogens is 540 g/mol. The molecule has 42 heavy (non-hydrogen) atoms. The summed E-state index contributed by atoms with van der Waals surface area (Å²) in [5.41, 5.74) is 2.06. The van der Waals surface area contributed by atoms with Crippen molar-refractivity contribution in [3.05, 3.63) is 90.5 Å². The highest BCUT2D eigenvalue weighted by Gasteiger charge is 2.46. The van der Waals surface area contributed by atoms with E-state index in [9.17, 15) is 19.8 Å². The summed E-state index contributed by atoms with van der Waals surface area (Å²) in [5, 5.41) is 29.2. The molecule has 0 aliphatic carbocycles. The minimum absolute atomic E-state index is 0.0777. The van der Waals surface area contributed by atoms with Gasteiger partial charge in [0.15, 0.2) is 23.2 Å². The molecule has 12 nitrogen and oxygen atoms in total. The van der Waals surface area contributed by atoms with Gasteiger partial charge in [-0.2, -0.15) is 0 Å². The molecule has 0 unspecified atom stereocenters. The fourth-order valence-electron chi connectivity index (χ4n) is 5.21. The number of rotatable bonds is 8. The largest absolute Gasteiger partial charge is 0.426 e. The molecule has 4 atom stereocenters. The van der Waals surface area contributed by atoms with Crippen molar-refractivity contribution in [2.24, 2.45) is 0 Å². The monoisotopic (exact) mass is 568 g/mol. The van der Waals surface area contributed by atoms with E-state index in [1.807, 2.05) is 24.3 Å². The fourth-order valence-corrected chi connectivity index (χ4v) is 5.21. The number of fused-ring (bicyclic) bond motifs is 2. The molecule has 0 bridgehead atoms. The van der Waals surface area contributed by atoms with Crippen molar-refractivity contribution in [2.45, 2.75) is 37.9 Å². The van der Waals surface area contributed by atoms with Gasteiger partial charge in [0.05, 0.1) is 18.5 Å². The van der Waals surface area contributed by atoms with E-state index < -0.39 is 43.0 Å². The summed E-state index contributed by atoms with van der Waals surface area (Å²) in [6.07, 6.45) is -0.317. The zero-order valence-electron chi connectivity index (χ0n) is 22.5. The van der Waals surface area contributed by atoms with E-state index in [1.54, 1.807) is 16.7 Å². The van der Waals surface area contributed by atoms with Gasteiger partial charge >= 0.3 is 5.97 Å². The number of nitrogens with one attached hydrogen (secondary N) is 2. The number of hydrogen-bond donors (Lipinski definition) is 4. The quantitative estimate of drug-likeness (QED) is 0.162. The zero-order chi connectivity index (χ0) is 29.2. The van der Waals surface area contributed by atoms with Crippen LogP contribution in [0.15, 0.2) is 79.4 Å². The first-order chi connectivity index (χ1) is 20.4. The predicted molar refractivity (Wildman–Crippen MR) is 153 cm³/mol. The molecule has 2 aromatic heterocycles. The number of nitrogens with zero attached hydrogens (tertiary/aromatic N) is 4. The van der Waals surface area contributed by atoms with Crippen LogP contribution in [0.1, 0.15) is 29.1 Å². The third kappa shape index (κ3) is 5.14. The fraction of sp³-hybridized carbons (Fsp3) is 0.233. The molecule has 1 fully saturated rings. The normalized spacial score (nSPS) is 20.1. The summed E-state index contributed by atoms with van der Waals surface area (Å²) in [6.45, 7) is 1.25. The summed E-state index contributed by atoms with van der Waals surface area (Å²) < 4.78 is 12.7. The smallest absolute Gasteiger partial charge is 0.308 e. The van der Waals surface area contributed by atoms with Crippen molar-refractivity contribution in [1.29, 1.82) is 0 Å². The second-order valence-corrected chi connectivity index (χ2v) is 9.87. The Bertz CT molecular complexity index is 1770. The molecule has 3 aromatic carbocycles. The van der Waals surface area contributed by atoms with Crippen molar-refractivity contribution < 1.29 is 29.3 Å². The molecule has 1 saturated heterocycles. The Morgan fingerprint density at radius 1 is 1.02 bits per heavy atom. The molecule has 0 radical (unpaired) electrons. The molecule has 4 N–H and O–H groups in total. The Balaban J connectivity index is 1.28. The number of aromatic nitrogens is 4. The number of esters is 1. The predicted octanol–water partition coefficient (Wildman–Crippen LogP) is 2.57. The topological polar surface area (TPSA) is 161 Å². The van der Waals surface area contributed by atoms with Gasteiger partial charge in [-0.25, -0.2) is 15.0 Å². The lowest BCUT2D eigenvalue weighted by atomic mass is 10.0. The number of carbonyl (C=O) groups is 2. The maximum atomic E-state index is 13.3. The summed E-state index contributed by atoms with van der Waals surface area (Å²) >= 11 is 0. The standard InChI is InChI=1S/C30H28N6O6/c1-17(38)41-22-12-5-4-11-21(22)29(40)35-24-26(39)23(14-37)42-30(24)36-16-34-25-27(32-15-33-28(25)36)31-13-19-9-6-8-18-7-2-3-10-20(18)19/h2-12,15-16,23-24,26,30,37,39H,13-14H2,1H3,(H,35,40)(H,31,32,33)/t23-,24-,26-,30-/m1/s1. The number of hydrogen-bond acceptors (Lipinski definition) is 10. The van der Waals surface area contributed by atoms with Crippen LogP contribution in [0.3, 0.4) is 0 Å². The highest BCUT2D eigenvalue weighted by molar-refractivity contribution is 5.98. The van der Waals surface area contributed by atoms with Gasteiger partial charge in [0.25, 0.3) is 5.91 Å². The summed E-state index contributed by atoms with van der Waals surface area (Å²) in [7, 11) is 0. The highest BCUT2D eigenvalue weighted by Crippen LogP contribution is 2.33. The second-order valence-electron chi connectivity index (χ2n) is 9.87. The van der Waals surface area contributed by atoms with Crippen LogP contribution in [-0.4, -0.2) is 66.5 Å². The number of imidazole rings is 1. The van der Waals surface area contributed by atoms with Crippen molar-refractivity contribution in [1.82, 2.24) is 24.8 Å². The number of carbonyl (C=O) groups excluding carboxylic acids is 2. The summed E-state index contributed by atoms with van der Waals surface area (Å²) in [6, 6.07) is 19.5. The zero-order valence-corrected chi connectivity index (χ0v) is 22.5. The Labute approximate surface area is 240 Å². The number of aliphatic hydroxyl groups excluding tert-OH is 2. The van der Waals surface area contributed by atoms with Crippen LogP contribution >= 0.6 is 0 Å². The maximum Gasteiger partial charge on any atom is 0.308 e. The van der Waals surface area contributed by atoms with E-state index in [-0.39, 0.29) is 11.3 Å². The molecule has 214 valence electrons. The molecule has 1 aliphatic rings. The van der Waals surface area contributed by atoms with Crippen LogP contribution in [0.2, 0.25) is 0 Å². The van der Waals surface area contributed by atoms with E-state index >= 15 is 0 Å². The van der Waals surface area contributed by atoms with Crippen LogP contribution in [-0.2, 0) is 16.1 Å². The lowest BCUT2D eigenvalue weighted by Gasteiger charge is -2.23. The third-order valence-corrected chi connectivity index (χ3v) is 7.19. The Kier molecular flexibility index (Phi) is 7.48. The van der Waals surface area contributed by atoms with Gasteiger partial charge in [0.1, 0.15) is 30.3 Å². The maximum absolute atomic E-state index is 13.3. The summed E-state index contributed by atoms with van der Waals surface area (Å²) in [5.74, 6) is -0.597.